The van der Waals surface area contributed by atoms with Crippen LogP contribution in [0.4, 0.5) is 0 Å². The quantitative estimate of drug-likeness (QED) is 0.683. The molecule has 116 valence electrons. The number of carbonyl (C=O) groups is 1. The SMILES string of the molecule is COC(=O)c1ccc(-c2nnc(-c3ccccc3)c(C#N)n2)nc1. The Kier molecular flexibility index (Phi) is 4.21. The van der Waals surface area contributed by atoms with Crippen LogP contribution in [0.1, 0.15) is 16.1 Å². The number of nitrogens with zero attached hydrogens (tertiary/aromatic N) is 5. The van der Waals surface area contributed by atoms with Gasteiger partial charge in [0.2, 0.25) is 5.82 Å². The highest BCUT2D eigenvalue weighted by molar-refractivity contribution is 5.89. The number of rotatable bonds is 3. The molecular weight excluding hydrogens is 306 g/mol. The van der Waals surface area contributed by atoms with Crippen LogP contribution < -0.4 is 0 Å². The first-order valence-electron chi connectivity index (χ1n) is 6.98. The van der Waals surface area contributed by atoms with Crippen LogP contribution in [-0.2, 0) is 4.74 Å². The molecule has 2 aromatic heterocycles. The van der Waals surface area contributed by atoms with Gasteiger partial charge < -0.3 is 4.74 Å². The van der Waals surface area contributed by atoms with E-state index in [0.717, 1.165) is 5.56 Å². The molecule has 0 aliphatic rings. The van der Waals surface area contributed by atoms with Gasteiger partial charge in [-0.1, -0.05) is 30.3 Å². The van der Waals surface area contributed by atoms with Gasteiger partial charge in [-0.3, -0.25) is 4.98 Å². The number of aromatic nitrogens is 4. The summed E-state index contributed by atoms with van der Waals surface area (Å²) in [5, 5.41) is 17.5. The second kappa shape index (κ2) is 6.62. The summed E-state index contributed by atoms with van der Waals surface area (Å²) in [6.07, 6.45) is 1.36. The van der Waals surface area contributed by atoms with Crippen LogP contribution in [-0.4, -0.2) is 33.2 Å². The van der Waals surface area contributed by atoms with E-state index < -0.39 is 5.97 Å². The summed E-state index contributed by atoms with van der Waals surface area (Å²) in [5.41, 5.74) is 2.05. The third kappa shape index (κ3) is 2.94. The second-order valence-corrected chi connectivity index (χ2v) is 4.73. The van der Waals surface area contributed by atoms with Crippen LogP contribution in [0.5, 0.6) is 0 Å². The van der Waals surface area contributed by atoms with Crippen molar-refractivity contribution in [3.63, 3.8) is 0 Å². The first kappa shape index (κ1) is 15.2. The highest BCUT2D eigenvalue weighted by Crippen LogP contribution is 2.21. The van der Waals surface area contributed by atoms with Gasteiger partial charge in [-0.15, -0.1) is 10.2 Å². The fraction of sp³-hybridized carbons (Fsp3) is 0.0588. The van der Waals surface area contributed by atoms with E-state index in [1.165, 1.54) is 13.3 Å². The molecule has 0 amide bonds. The predicted octanol–water partition coefficient (Wildman–Crippen LogP) is 2.26. The van der Waals surface area contributed by atoms with E-state index >= 15 is 0 Å². The van der Waals surface area contributed by atoms with E-state index in [1.807, 2.05) is 36.4 Å². The maximum atomic E-state index is 11.4. The zero-order valence-corrected chi connectivity index (χ0v) is 12.7. The van der Waals surface area contributed by atoms with E-state index in [4.69, 9.17) is 0 Å². The highest BCUT2D eigenvalue weighted by atomic mass is 16.5. The summed E-state index contributed by atoms with van der Waals surface area (Å²) >= 11 is 0. The zero-order chi connectivity index (χ0) is 16.9. The lowest BCUT2D eigenvalue weighted by Gasteiger charge is -2.04. The van der Waals surface area contributed by atoms with Crippen molar-refractivity contribution in [1.82, 2.24) is 20.2 Å². The number of methoxy groups -OCH3 is 1. The summed E-state index contributed by atoms with van der Waals surface area (Å²) in [7, 11) is 1.30. The molecule has 0 radical (unpaired) electrons. The zero-order valence-electron chi connectivity index (χ0n) is 12.7. The Hall–Kier alpha value is -3.66. The van der Waals surface area contributed by atoms with Crippen molar-refractivity contribution < 1.29 is 9.53 Å². The maximum absolute atomic E-state index is 11.4. The van der Waals surface area contributed by atoms with Gasteiger partial charge in [0, 0.05) is 11.8 Å². The van der Waals surface area contributed by atoms with E-state index in [-0.39, 0.29) is 11.5 Å². The van der Waals surface area contributed by atoms with Crippen LogP contribution >= 0.6 is 0 Å². The summed E-state index contributed by atoms with van der Waals surface area (Å²) in [4.78, 5) is 19.8. The van der Waals surface area contributed by atoms with Crippen molar-refractivity contribution in [3.05, 3.63) is 59.9 Å². The Bertz CT molecular complexity index is 918. The number of benzene rings is 1. The average Bonchev–Trinajstić information content (AvgIpc) is 2.67. The lowest BCUT2D eigenvalue weighted by atomic mass is 10.1. The monoisotopic (exact) mass is 317 g/mol. The molecule has 3 aromatic rings. The van der Waals surface area contributed by atoms with Gasteiger partial charge >= 0.3 is 5.97 Å². The summed E-state index contributed by atoms with van der Waals surface area (Å²) in [6.45, 7) is 0. The van der Waals surface area contributed by atoms with Crippen molar-refractivity contribution in [2.24, 2.45) is 0 Å². The fourth-order valence-electron chi connectivity index (χ4n) is 2.07. The molecule has 0 atom stereocenters. The fourth-order valence-corrected chi connectivity index (χ4v) is 2.07. The molecule has 7 nitrogen and oxygen atoms in total. The van der Waals surface area contributed by atoms with Crippen molar-refractivity contribution >= 4 is 5.97 Å². The molecule has 2 heterocycles. The van der Waals surface area contributed by atoms with Crippen LogP contribution in [0, 0.1) is 11.3 Å². The molecule has 0 fully saturated rings. The van der Waals surface area contributed by atoms with E-state index in [2.05, 4.69) is 24.9 Å². The molecule has 0 aliphatic heterocycles. The Morgan fingerprint density at radius 3 is 2.54 bits per heavy atom. The first-order chi connectivity index (χ1) is 11.7. The molecule has 0 saturated carbocycles. The maximum Gasteiger partial charge on any atom is 0.339 e. The van der Waals surface area contributed by atoms with Crippen molar-refractivity contribution in [2.45, 2.75) is 0 Å². The lowest BCUT2D eigenvalue weighted by Crippen LogP contribution is -2.04. The molecule has 0 N–H and O–H groups in total. The minimum atomic E-state index is -0.481. The number of hydrogen-bond donors (Lipinski definition) is 0. The molecular formula is C17H11N5O2. The van der Waals surface area contributed by atoms with Crippen LogP contribution in [0.2, 0.25) is 0 Å². The third-order valence-electron chi connectivity index (χ3n) is 3.25. The van der Waals surface area contributed by atoms with Crippen LogP contribution in [0.15, 0.2) is 48.7 Å². The second-order valence-electron chi connectivity index (χ2n) is 4.73. The minimum absolute atomic E-state index is 0.157. The Morgan fingerprint density at radius 1 is 1.12 bits per heavy atom. The Morgan fingerprint density at radius 2 is 1.92 bits per heavy atom. The standard InChI is InChI=1S/C17H11N5O2/c1-24-17(23)12-7-8-13(19-10-12)16-20-14(9-18)15(21-22-16)11-5-3-2-4-6-11/h2-8,10H,1H3. The van der Waals surface area contributed by atoms with Gasteiger partial charge in [-0.2, -0.15) is 5.26 Å². The first-order valence-corrected chi connectivity index (χ1v) is 6.98. The van der Waals surface area contributed by atoms with Gasteiger partial charge in [0.15, 0.2) is 5.69 Å². The normalized spacial score (nSPS) is 10.0. The molecule has 0 aliphatic carbocycles. The highest BCUT2D eigenvalue weighted by Gasteiger charge is 2.13. The third-order valence-corrected chi connectivity index (χ3v) is 3.25. The van der Waals surface area contributed by atoms with Crippen molar-refractivity contribution in [3.8, 4) is 28.8 Å². The summed E-state index contributed by atoms with van der Waals surface area (Å²) in [5.74, 6) is -0.270. The smallest absolute Gasteiger partial charge is 0.339 e. The van der Waals surface area contributed by atoms with Gasteiger partial charge in [0.05, 0.1) is 12.7 Å². The van der Waals surface area contributed by atoms with Gasteiger partial charge in [0.25, 0.3) is 0 Å². The van der Waals surface area contributed by atoms with E-state index in [1.54, 1.807) is 12.1 Å². The van der Waals surface area contributed by atoms with Crippen molar-refractivity contribution in [2.75, 3.05) is 7.11 Å². The topological polar surface area (TPSA) is 102 Å². The molecule has 0 unspecified atom stereocenters. The number of nitriles is 1. The van der Waals surface area contributed by atoms with Gasteiger partial charge in [0.1, 0.15) is 17.5 Å². The summed E-state index contributed by atoms with van der Waals surface area (Å²) < 4.78 is 4.62. The van der Waals surface area contributed by atoms with E-state index in [9.17, 15) is 10.1 Å². The molecule has 7 heteroatoms. The Labute approximate surface area is 137 Å². The molecule has 0 bridgehead atoms. The molecule has 1 aromatic carbocycles. The molecule has 3 rings (SSSR count). The summed E-state index contributed by atoms with van der Waals surface area (Å²) in [6, 6.07) is 14.4. The van der Waals surface area contributed by atoms with Crippen molar-refractivity contribution in [1.29, 1.82) is 5.26 Å². The predicted molar refractivity (Wildman–Crippen MR) is 84.5 cm³/mol. The average molecular weight is 317 g/mol. The number of hydrogen-bond acceptors (Lipinski definition) is 7. The number of ether oxygens (including phenoxy) is 1. The van der Waals surface area contributed by atoms with Gasteiger partial charge in [-0.25, -0.2) is 9.78 Å². The Balaban J connectivity index is 1.99. The van der Waals surface area contributed by atoms with Crippen LogP contribution in [0.3, 0.4) is 0 Å². The lowest BCUT2D eigenvalue weighted by molar-refractivity contribution is 0.0600. The largest absolute Gasteiger partial charge is 0.465 e. The number of esters is 1. The molecule has 0 spiro atoms. The number of carbonyl (C=O) groups excluding carboxylic acids is 1. The molecule has 0 saturated heterocycles. The van der Waals surface area contributed by atoms with E-state index in [0.29, 0.717) is 17.0 Å². The minimum Gasteiger partial charge on any atom is -0.465 e. The molecule has 24 heavy (non-hydrogen) atoms. The number of pyridine rings is 1. The van der Waals surface area contributed by atoms with Crippen LogP contribution in [0.25, 0.3) is 22.8 Å². The van der Waals surface area contributed by atoms with Gasteiger partial charge in [-0.05, 0) is 12.1 Å².